The van der Waals surface area contributed by atoms with Crippen LogP contribution in [0.3, 0.4) is 0 Å². The maximum absolute atomic E-state index is 11.2. The molecule has 0 radical (unpaired) electrons. The van der Waals surface area contributed by atoms with Crippen LogP contribution in [0.1, 0.15) is 10.4 Å². The van der Waals surface area contributed by atoms with Gasteiger partial charge in [0.1, 0.15) is 5.75 Å². The summed E-state index contributed by atoms with van der Waals surface area (Å²) in [5, 5.41) is 9.33. The number of phenolic OH excluding ortho intramolecular Hbond substituents is 1. The first-order chi connectivity index (χ1) is 6.86. The average molecular weight is 229 g/mol. The predicted octanol–water partition coefficient (Wildman–Crippen LogP) is -0.0629. The Bertz CT molecular complexity index is 493. The molecular weight excluding hydrogens is 218 g/mol. The van der Waals surface area contributed by atoms with Gasteiger partial charge in [0.15, 0.2) is 15.6 Å². The largest absolute Gasteiger partial charge is 0.507 e. The van der Waals surface area contributed by atoms with Crippen LogP contribution in [0.2, 0.25) is 0 Å². The average Bonchev–Trinajstić information content (AvgIpc) is 2.15. The van der Waals surface area contributed by atoms with E-state index in [2.05, 4.69) is 0 Å². The van der Waals surface area contributed by atoms with Gasteiger partial charge >= 0.3 is 0 Å². The zero-order valence-electron chi connectivity index (χ0n) is 8.10. The van der Waals surface area contributed by atoms with E-state index in [4.69, 9.17) is 5.73 Å². The highest BCUT2D eigenvalue weighted by molar-refractivity contribution is 7.90. The molecule has 0 aliphatic rings. The Balaban J connectivity index is 3.36. The molecule has 3 N–H and O–H groups in total. The highest BCUT2D eigenvalue weighted by atomic mass is 32.2. The van der Waals surface area contributed by atoms with E-state index in [1.807, 2.05) is 0 Å². The fourth-order valence-corrected chi connectivity index (χ4v) is 1.73. The van der Waals surface area contributed by atoms with Gasteiger partial charge in [0, 0.05) is 6.26 Å². The second-order valence-electron chi connectivity index (χ2n) is 3.08. The molecule has 0 saturated carbocycles. The highest BCUT2D eigenvalue weighted by Crippen LogP contribution is 2.21. The molecule has 82 valence electrons. The van der Waals surface area contributed by atoms with Crippen molar-refractivity contribution >= 4 is 15.6 Å². The van der Waals surface area contributed by atoms with Crippen molar-refractivity contribution in [2.75, 3.05) is 12.8 Å². The van der Waals surface area contributed by atoms with E-state index in [1.54, 1.807) is 0 Å². The number of benzene rings is 1. The molecule has 0 saturated heterocycles. The molecule has 0 amide bonds. The number of hydrogen-bond acceptors (Lipinski definition) is 5. The molecular formula is C9H11NO4S. The van der Waals surface area contributed by atoms with E-state index in [9.17, 15) is 18.3 Å². The number of rotatable bonds is 3. The Morgan fingerprint density at radius 2 is 2.07 bits per heavy atom. The zero-order valence-corrected chi connectivity index (χ0v) is 8.91. The van der Waals surface area contributed by atoms with E-state index >= 15 is 0 Å². The maximum atomic E-state index is 11.2. The van der Waals surface area contributed by atoms with Gasteiger partial charge in [0.05, 0.1) is 17.0 Å². The standard InChI is InChI=1S/C9H11NO4S/c1-15(13,14)6-2-3-8(11)7(4-6)9(12)5-10/h2-4,11H,5,10H2,1H3. The van der Waals surface area contributed by atoms with Gasteiger partial charge in [-0.25, -0.2) is 8.42 Å². The highest BCUT2D eigenvalue weighted by Gasteiger charge is 2.14. The van der Waals surface area contributed by atoms with Crippen molar-refractivity contribution < 1.29 is 18.3 Å². The smallest absolute Gasteiger partial charge is 0.180 e. The first-order valence-corrected chi connectivity index (χ1v) is 6.01. The van der Waals surface area contributed by atoms with Gasteiger partial charge in [0.2, 0.25) is 0 Å². The molecule has 6 heteroatoms. The SMILES string of the molecule is CS(=O)(=O)c1ccc(O)c(C(=O)CN)c1. The van der Waals surface area contributed by atoms with Crippen LogP contribution in [0.4, 0.5) is 0 Å². The van der Waals surface area contributed by atoms with Gasteiger partial charge < -0.3 is 10.8 Å². The zero-order chi connectivity index (χ0) is 11.6. The molecule has 5 nitrogen and oxygen atoms in total. The van der Waals surface area contributed by atoms with E-state index in [0.717, 1.165) is 12.3 Å². The molecule has 0 aliphatic heterocycles. The second kappa shape index (κ2) is 4.00. The van der Waals surface area contributed by atoms with Gasteiger partial charge in [-0.3, -0.25) is 4.79 Å². The topological polar surface area (TPSA) is 97.5 Å². The van der Waals surface area contributed by atoms with E-state index in [0.29, 0.717) is 0 Å². The second-order valence-corrected chi connectivity index (χ2v) is 5.09. The summed E-state index contributed by atoms with van der Waals surface area (Å²) in [7, 11) is -3.39. The predicted molar refractivity (Wildman–Crippen MR) is 54.6 cm³/mol. The van der Waals surface area contributed by atoms with Crippen LogP contribution in [-0.4, -0.2) is 32.1 Å². The number of nitrogens with two attached hydrogens (primary N) is 1. The summed E-state index contributed by atoms with van der Waals surface area (Å²) in [5.74, 6) is -0.768. The number of phenols is 1. The molecule has 0 aromatic heterocycles. The summed E-state index contributed by atoms with van der Waals surface area (Å²) in [6.45, 7) is -0.277. The number of sulfone groups is 1. The Morgan fingerprint density at radius 3 is 2.53 bits per heavy atom. The van der Waals surface area contributed by atoms with Crippen molar-refractivity contribution in [1.29, 1.82) is 0 Å². The van der Waals surface area contributed by atoms with E-state index in [1.165, 1.54) is 12.1 Å². The molecule has 0 bridgehead atoms. The first kappa shape index (κ1) is 11.7. The molecule has 15 heavy (non-hydrogen) atoms. The first-order valence-electron chi connectivity index (χ1n) is 4.12. The number of Topliss-reactive ketones (excluding diaryl/α,β-unsaturated/α-hetero) is 1. The number of carbonyl (C=O) groups is 1. The number of hydrogen-bond donors (Lipinski definition) is 2. The van der Waals surface area contributed by atoms with Crippen molar-refractivity contribution in [2.24, 2.45) is 5.73 Å². The quantitative estimate of drug-likeness (QED) is 0.707. The van der Waals surface area contributed by atoms with E-state index < -0.39 is 15.6 Å². The van der Waals surface area contributed by atoms with Gasteiger partial charge in [-0.05, 0) is 18.2 Å². The van der Waals surface area contributed by atoms with E-state index in [-0.39, 0.29) is 22.8 Å². The minimum Gasteiger partial charge on any atom is -0.507 e. The summed E-state index contributed by atoms with van der Waals surface area (Å²) in [4.78, 5) is 11.2. The van der Waals surface area contributed by atoms with Gasteiger partial charge in [0.25, 0.3) is 0 Å². The lowest BCUT2D eigenvalue weighted by Gasteiger charge is -2.04. The summed E-state index contributed by atoms with van der Waals surface area (Å²) >= 11 is 0. The lowest BCUT2D eigenvalue weighted by Crippen LogP contribution is -2.14. The minimum absolute atomic E-state index is 0.0166. The molecule has 1 rings (SSSR count). The Kier molecular flexibility index (Phi) is 3.11. The molecule has 1 aromatic rings. The van der Waals surface area contributed by atoms with Crippen LogP contribution in [0, 0.1) is 0 Å². The van der Waals surface area contributed by atoms with Crippen molar-refractivity contribution in [3.63, 3.8) is 0 Å². The monoisotopic (exact) mass is 229 g/mol. The minimum atomic E-state index is -3.39. The van der Waals surface area contributed by atoms with Crippen molar-refractivity contribution in [3.8, 4) is 5.75 Å². The number of carbonyl (C=O) groups excluding carboxylic acids is 1. The summed E-state index contributed by atoms with van der Waals surface area (Å²) in [5.41, 5.74) is 5.05. The van der Waals surface area contributed by atoms with Crippen LogP contribution in [0.15, 0.2) is 23.1 Å². The maximum Gasteiger partial charge on any atom is 0.180 e. The van der Waals surface area contributed by atoms with Crippen LogP contribution >= 0.6 is 0 Å². The Labute approximate surface area is 87.4 Å². The van der Waals surface area contributed by atoms with Crippen LogP contribution in [-0.2, 0) is 9.84 Å². The molecule has 0 fully saturated rings. The summed E-state index contributed by atoms with van der Waals surface area (Å²) < 4.78 is 22.4. The van der Waals surface area contributed by atoms with Gasteiger partial charge in [-0.1, -0.05) is 0 Å². The normalized spacial score (nSPS) is 11.3. The third-order valence-electron chi connectivity index (χ3n) is 1.88. The molecule has 0 spiro atoms. The number of ketones is 1. The lowest BCUT2D eigenvalue weighted by atomic mass is 10.1. The van der Waals surface area contributed by atoms with Crippen LogP contribution in [0.5, 0.6) is 5.75 Å². The molecule has 0 unspecified atom stereocenters. The van der Waals surface area contributed by atoms with Crippen LogP contribution in [0.25, 0.3) is 0 Å². The van der Waals surface area contributed by atoms with Gasteiger partial charge in [-0.2, -0.15) is 0 Å². The third kappa shape index (κ3) is 2.54. The molecule has 0 aliphatic carbocycles. The van der Waals surface area contributed by atoms with Gasteiger partial charge in [-0.15, -0.1) is 0 Å². The fraction of sp³-hybridized carbons (Fsp3) is 0.222. The molecule has 0 atom stereocenters. The Morgan fingerprint density at radius 1 is 1.47 bits per heavy atom. The summed E-state index contributed by atoms with van der Waals surface area (Å²) in [6, 6.07) is 3.52. The third-order valence-corrected chi connectivity index (χ3v) is 2.99. The molecule has 1 aromatic carbocycles. The van der Waals surface area contributed by atoms with Crippen molar-refractivity contribution in [3.05, 3.63) is 23.8 Å². The number of aromatic hydroxyl groups is 1. The lowest BCUT2D eigenvalue weighted by molar-refractivity contribution is 0.0998. The Hall–Kier alpha value is -1.40. The molecule has 0 heterocycles. The summed E-state index contributed by atoms with van der Waals surface area (Å²) in [6.07, 6.45) is 1.02. The van der Waals surface area contributed by atoms with Crippen molar-refractivity contribution in [2.45, 2.75) is 4.90 Å². The van der Waals surface area contributed by atoms with Crippen LogP contribution < -0.4 is 5.73 Å². The van der Waals surface area contributed by atoms with Crippen molar-refractivity contribution in [1.82, 2.24) is 0 Å². The fourth-order valence-electron chi connectivity index (χ4n) is 1.08.